The fourth-order valence-corrected chi connectivity index (χ4v) is 4.85. The van der Waals surface area contributed by atoms with E-state index in [4.69, 9.17) is 0 Å². The van der Waals surface area contributed by atoms with Crippen LogP contribution in [0, 0.1) is 5.92 Å². The first-order valence-corrected chi connectivity index (χ1v) is 9.97. The van der Waals surface area contributed by atoms with Crippen LogP contribution in [0.15, 0.2) is 0 Å². The third-order valence-electron chi connectivity index (χ3n) is 4.50. The highest BCUT2D eigenvalue weighted by Crippen LogP contribution is 2.17. The number of rotatable bonds is 6. The van der Waals surface area contributed by atoms with Gasteiger partial charge in [0.1, 0.15) is 0 Å². The van der Waals surface area contributed by atoms with E-state index < -0.39 is 9.84 Å². The SMILES string of the molecule is CCN1CCN(CCNC(=O)NC[C@H]2CCS(=O)(=O)C2)CC1. The van der Waals surface area contributed by atoms with E-state index in [-0.39, 0.29) is 23.5 Å². The maximum Gasteiger partial charge on any atom is 0.314 e. The van der Waals surface area contributed by atoms with Crippen molar-refractivity contribution in [1.29, 1.82) is 0 Å². The summed E-state index contributed by atoms with van der Waals surface area (Å²) >= 11 is 0. The number of nitrogens with one attached hydrogen (secondary N) is 2. The predicted octanol–water partition coefficient (Wildman–Crippen LogP) is -0.642. The molecular weight excluding hydrogens is 304 g/mol. The number of amides is 2. The van der Waals surface area contributed by atoms with E-state index in [9.17, 15) is 13.2 Å². The van der Waals surface area contributed by atoms with Gasteiger partial charge in [-0.3, -0.25) is 4.90 Å². The highest BCUT2D eigenvalue weighted by Gasteiger charge is 2.27. The Morgan fingerprint density at radius 1 is 1.14 bits per heavy atom. The molecule has 2 aliphatic heterocycles. The molecule has 0 aromatic heterocycles. The van der Waals surface area contributed by atoms with Crippen molar-refractivity contribution in [3.8, 4) is 0 Å². The average Bonchev–Trinajstić information content (AvgIpc) is 2.85. The number of likely N-dealkylation sites (N-methyl/N-ethyl adjacent to an activating group) is 1. The smallest absolute Gasteiger partial charge is 0.314 e. The second kappa shape index (κ2) is 8.12. The molecule has 2 amide bonds. The minimum absolute atomic E-state index is 0.0675. The molecule has 0 aromatic rings. The minimum atomic E-state index is -2.86. The van der Waals surface area contributed by atoms with Gasteiger partial charge in [0.2, 0.25) is 0 Å². The number of piperazine rings is 1. The van der Waals surface area contributed by atoms with Crippen molar-refractivity contribution < 1.29 is 13.2 Å². The summed E-state index contributed by atoms with van der Waals surface area (Å²) in [5.41, 5.74) is 0. The van der Waals surface area contributed by atoms with Crippen LogP contribution < -0.4 is 10.6 Å². The Bertz CT molecular complexity index is 461. The van der Waals surface area contributed by atoms with Gasteiger partial charge in [0, 0.05) is 45.8 Å². The first kappa shape index (κ1) is 17.5. The molecule has 0 aliphatic carbocycles. The maximum atomic E-state index is 11.7. The van der Waals surface area contributed by atoms with Gasteiger partial charge < -0.3 is 15.5 Å². The molecule has 2 aliphatic rings. The number of nitrogens with zero attached hydrogens (tertiary/aromatic N) is 2. The van der Waals surface area contributed by atoms with Crippen LogP contribution in [0.3, 0.4) is 0 Å². The largest absolute Gasteiger partial charge is 0.338 e. The summed E-state index contributed by atoms with van der Waals surface area (Å²) in [6.07, 6.45) is 0.657. The zero-order chi connectivity index (χ0) is 16.0. The van der Waals surface area contributed by atoms with Crippen molar-refractivity contribution in [2.24, 2.45) is 5.92 Å². The Labute approximate surface area is 133 Å². The van der Waals surface area contributed by atoms with Crippen molar-refractivity contribution in [1.82, 2.24) is 20.4 Å². The van der Waals surface area contributed by atoms with Gasteiger partial charge >= 0.3 is 6.03 Å². The van der Waals surface area contributed by atoms with Crippen LogP contribution in [0.1, 0.15) is 13.3 Å². The molecule has 2 saturated heterocycles. The van der Waals surface area contributed by atoms with Gasteiger partial charge in [-0.05, 0) is 18.9 Å². The van der Waals surface area contributed by atoms with E-state index in [1.165, 1.54) is 0 Å². The van der Waals surface area contributed by atoms with Gasteiger partial charge in [-0.1, -0.05) is 6.92 Å². The fraction of sp³-hybridized carbons (Fsp3) is 0.929. The van der Waals surface area contributed by atoms with E-state index in [1.54, 1.807) is 0 Å². The molecule has 1 atom stereocenters. The second-order valence-electron chi connectivity index (χ2n) is 6.18. The lowest BCUT2D eigenvalue weighted by Gasteiger charge is -2.33. The summed E-state index contributed by atoms with van der Waals surface area (Å²) in [7, 11) is -2.86. The summed E-state index contributed by atoms with van der Waals surface area (Å²) < 4.78 is 22.7. The number of carbonyl (C=O) groups excluding carboxylic acids is 1. The molecule has 22 heavy (non-hydrogen) atoms. The molecule has 2 N–H and O–H groups in total. The Balaban J connectivity index is 1.53. The standard InChI is InChI=1S/C14H28N4O3S/c1-2-17-6-8-18(9-7-17)5-4-15-14(19)16-11-13-3-10-22(20,21)12-13/h13H,2-12H2,1H3,(H2,15,16,19)/t13-/m1/s1. The number of hydrogen-bond acceptors (Lipinski definition) is 5. The molecule has 2 heterocycles. The van der Waals surface area contributed by atoms with Gasteiger partial charge in [-0.2, -0.15) is 0 Å². The monoisotopic (exact) mass is 332 g/mol. The molecule has 0 saturated carbocycles. The number of sulfone groups is 1. The van der Waals surface area contributed by atoms with Gasteiger partial charge in [-0.25, -0.2) is 13.2 Å². The van der Waals surface area contributed by atoms with E-state index in [0.29, 0.717) is 19.5 Å². The van der Waals surface area contributed by atoms with Gasteiger partial charge in [0.05, 0.1) is 11.5 Å². The third-order valence-corrected chi connectivity index (χ3v) is 6.34. The van der Waals surface area contributed by atoms with Crippen molar-refractivity contribution in [3.05, 3.63) is 0 Å². The minimum Gasteiger partial charge on any atom is -0.338 e. The van der Waals surface area contributed by atoms with Crippen LogP contribution in [-0.2, 0) is 9.84 Å². The van der Waals surface area contributed by atoms with Gasteiger partial charge in [-0.15, -0.1) is 0 Å². The lowest BCUT2D eigenvalue weighted by Crippen LogP contribution is -2.49. The van der Waals surface area contributed by atoms with Crippen molar-refractivity contribution >= 4 is 15.9 Å². The lowest BCUT2D eigenvalue weighted by atomic mass is 10.1. The number of urea groups is 1. The highest BCUT2D eigenvalue weighted by molar-refractivity contribution is 7.91. The van der Waals surface area contributed by atoms with Crippen molar-refractivity contribution in [3.63, 3.8) is 0 Å². The molecule has 0 aromatic carbocycles. The zero-order valence-corrected chi connectivity index (χ0v) is 14.2. The molecule has 0 radical (unpaired) electrons. The topological polar surface area (TPSA) is 81.8 Å². The molecule has 7 nitrogen and oxygen atoms in total. The second-order valence-corrected chi connectivity index (χ2v) is 8.41. The molecule has 8 heteroatoms. The van der Waals surface area contributed by atoms with Crippen LogP contribution in [0.2, 0.25) is 0 Å². The van der Waals surface area contributed by atoms with Crippen LogP contribution in [0.5, 0.6) is 0 Å². The summed E-state index contributed by atoms with van der Waals surface area (Å²) in [6.45, 7) is 9.51. The maximum absolute atomic E-state index is 11.7. The van der Waals surface area contributed by atoms with E-state index in [2.05, 4.69) is 27.4 Å². The zero-order valence-electron chi connectivity index (χ0n) is 13.4. The first-order chi connectivity index (χ1) is 10.5. The van der Waals surface area contributed by atoms with Crippen molar-refractivity contribution in [2.75, 3.05) is 63.9 Å². The molecule has 2 rings (SSSR count). The molecule has 0 unspecified atom stereocenters. The summed E-state index contributed by atoms with van der Waals surface area (Å²) in [6, 6.07) is -0.198. The summed E-state index contributed by atoms with van der Waals surface area (Å²) in [5.74, 6) is 0.525. The Hall–Kier alpha value is -0.860. The van der Waals surface area contributed by atoms with E-state index in [0.717, 1.165) is 39.3 Å². The Morgan fingerprint density at radius 2 is 1.82 bits per heavy atom. The van der Waals surface area contributed by atoms with Crippen molar-refractivity contribution in [2.45, 2.75) is 13.3 Å². The quantitative estimate of drug-likeness (QED) is 0.676. The summed E-state index contributed by atoms with van der Waals surface area (Å²) in [4.78, 5) is 16.5. The number of hydrogen-bond donors (Lipinski definition) is 2. The average molecular weight is 332 g/mol. The third kappa shape index (κ3) is 5.73. The normalized spacial score (nSPS) is 26.0. The molecule has 128 valence electrons. The molecule has 0 bridgehead atoms. The first-order valence-electron chi connectivity index (χ1n) is 8.15. The van der Waals surface area contributed by atoms with E-state index >= 15 is 0 Å². The Morgan fingerprint density at radius 3 is 2.41 bits per heavy atom. The molecular formula is C14H28N4O3S. The van der Waals surface area contributed by atoms with Crippen LogP contribution in [0.25, 0.3) is 0 Å². The van der Waals surface area contributed by atoms with Crippen LogP contribution in [-0.4, -0.2) is 88.1 Å². The summed E-state index contributed by atoms with van der Waals surface area (Å²) in [5, 5.41) is 5.62. The number of carbonyl (C=O) groups is 1. The van der Waals surface area contributed by atoms with Gasteiger partial charge in [0.15, 0.2) is 9.84 Å². The fourth-order valence-electron chi connectivity index (χ4n) is 2.99. The van der Waals surface area contributed by atoms with Crippen LogP contribution in [0.4, 0.5) is 4.79 Å². The predicted molar refractivity (Wildman–Crippen MR) is 86.7 cm³/mol. The lowest BCUT2D eigenvalue weighted by molar-refractivity contribution is 0.138. The Kier molecular flexibility index (Phi) is 6.46. The molecule has 2 fully saturated rings. The molecule has 0 spiro atoms. The van der Waals surface area contributed by atoms with Crippen LogP contribution >= 0.6 is 0 Å². The van der Waals surface area contributed by atoms with Gasteiger partial charge in [0.25, 0.3) is 0 Å². The highest BCUT2D eigenvalue weighted by atomic mass is 32.2. The van der Waals surface area contributed by atoms with E-state index in [1.807, 2.05) is 0 Å².